The molecule has 1 nitrogen and oxygen atoms in total. The Kier molecular flexibility index (Phi) is 2.27. The number of fused-ring (bicyclic) bond motifs is 2. The smallest absolute Gasteiger partial charge is 0.170 e. The van der Waals surface area contributed by atoms with Crippen LogP contribution in [0.4, 0.5) is 0 Å². The number of benzene rings is 2. The van der Waals surface area contributed by atoms with Gasteiger partial charge in [0.05, 0.1) is 0 Å². The molecule has 0 radical (unpaired) electrons. The summed E-state index contributed by atoms with van der Waals surface area (Å²) >= 11 is 0. The Bertz CT molecular complexity index is 737. The van der Waals surface area contributed by atoms with Crippen LogP contribution in [0.25, 0.3) is 0 Å². The Labute approximate surface area is 119 Å². The van der Waals surface area contributed by atoms with Crippen LogP contribution < -0.4 is 0 Å². The molecular formula is C19H18O. The fourth-order valence-electron chi connectivity index (χ4n) is 4.09. The minimum Gasteiger partial charge on any atom is -0.294 e. The summed E-state index contributed by atoms with van der Waals surface area (Å²) in [4.78, 5) is 13.0. The minimum atomic E-state index is -0.192. The molecule has 4 rings (SSSR count). The van der Waals surface area contributed by atoms with Crippen molar-refractivity contribution in [3.05, 3.63) is 69.8 Å². The third-order valence-corrected chi connectivity index (χ3v) is 5.20. The van der Waals surface area contributed by atoms with Gasteiger partial charge in [-0.2, -0.15) is 0 Å². The van der Waals surface area contributed by atoms with Crippen LogP contribution in [0.15, 0.2) is 36.4 Å². The van der Waals surface area contributed by atoms with Crippen LogP contribution in [0.5, 0.6) is 0 Å². The van der Waals surface area contributed by atoms with Gasteiger partial charge >= 0.3 is 0 Å². The van der Waals surface area contributed by atoms with Crippen molar-refractivity contribution < 1.29 is 4.79 Å². The first-order chi connectivity index (χ1) is 9.61. The summed E-state index contributed by atoms with van der Waals surface area (Å²) in [5.74, 6) is 0.367. The van der Waals surface area contributed by atoms with Crippen molar-refractivity contribution in [2.24, 2.45) is 5.41 Å². The van der Waals surface area contributed by atoms with E-state index in [-0.39, 0.29) is 5.41 Å². The van der Waals surface area contributed by atoms with Crippen molar-refractivity contribution >= 4 is 5.78 Å². The Morgan fingerprint density at radius 2 is 1.50 bits per heavy atom. The standard InChI is InChI=1S/C19H18O/c1-12-5-3-7-14-9-19(10-16(12)14)11-17-13(2)6-4-8-15(17)18(19)20/h3-8H,9-11H2,1-2H3/t19-/m0/s1. The highest BCUT2D eigenvalue weighted by molar-refractivity contribution is 6.06. The lowest BCUT2D eigenvalue weighted by Gasteiger charge is -2.20. The molecule has 2 aromatic rings. The molecule has 0 unspecified atom stereocenters. The molecule has 0 amide bonds. The maximum Gasteiger partial charge on any atom is 0.170 e. The molecule has 0 fully saturated rings. The number of ketones is 1. The topological polar surface area (TPSA) is 17.1 Å². The summed E-state index contributed by atoms with van der Waals surface area (Å²) in [5, 5.41) is 0. The van der Waals surface area contributed by atoms with E-state index in [0.29, 0.717) is 5.78 Å². The second-order valence-electron chi connectivity index (χ2n) is 6.45. The highest BCUT2D eigenvalue weighted by Crippen LogP contribution is 2.48. The van der Waals surface area contributed by atoms with Gasteiger partial charge in [0, 0.05) is 11.0 Å². The molecule has 0 aromatic heterocycles. The monoisotopic (exact) mass is 262 g/mol. The number of carbonyl (C=O) groups excluding carboxylic acids is 1. The number of Topliss-reactive ketones (excluding diaryl/α,β-unsaturated/α-hetero) is 1. The van der Waals surface area contributed by atoms with E-state index in [2.05, 4.69) is 38.1 Å². The summed E-state index contributed by atoms with van der Waals surface area (Å²) in [6.45, 7) is 4.29. The van der Waals surface area contributed by atoms with Crippen LogP contribution in [0, 0.1) is 19.3 Å². The summed E-state index contributed by atoms with van der Waals surface area (Å²) < 4.78 is 0. The maximum atomic E-state index is 13.0. The SMILES string of the molecule is Cc1cccc2c1C[C@@]1(C2)Cc2c(C)cccc2C1=O. The summed E-state index contributed by atoms with van der Waals surface area (Å²) in [6, 6.07) is 12.6. The van der Waals surface area contributed by atoms with Gasteiger partial charge in [0.1, 0.15) is 0 Å². The number of hydrogen-bond acceptors (Lipinski definition) is 1. The lowest BCUT2D eigenvalue weighted by molar-refractivity contribution is 0.0831. The van der Waals surface area contributed by atoms with E-state index in [0.717, 1.165) is 24.8 Å². The fraction of sp³-hybridized carbons (Fsp3) is 0.316. The van der Waals surface area contributed by atoms with E-state index in [1.807, 2.05) is 12.1 Å². The van der Waals surface area contributed by atoms with Gasteiger partial charge in [-0.15, -0.1) is 0 Å². The van der Waals surface area contributed by atoms with Gasteiger partial charge in [-0.05, 0) is 60.9 Å². The molecule has 1 spiro atoms. The first kappa shape index (κ1) is 11.9. The lowest BCUT2D eigenvalue weighted by Crippen LogP contribution is -2.28. The Morgan fingerprint density at radius 1 is 0.850 bits per heavy atom. The average Bonchev–Trinajstić information content (AvgIpc) is 2.93. The van der Waals surface area contributed by atoms with Crippen LogP contribution >= 0.6 is 0 Å². The van der Waals surface area contributed by atoms with Crippen LogP contribution in [0.3, 0.4) is 0 Å². The number of carbonyl (C=O) groups is 1. The van der Waals surface area contributed by atoms with Crippen LogP contribution in [0.1, 0.15) is 38.2 Å². The number of hydrogen-bond donors (Lipinski definition) is 0. The van der Waals surface area contributed by atoms with Crippen LogP contribution in [-0.2, 0) is 19.3 Å². The second kappa shape index (κ2) is 3.82. The normalized spacial score (nSPS) is 23.2. The molecule has 100 valence electrons. The van der Waals surface area contributed by atoms with Crippen molar-refractivity contribution in [2.45, 2.75) is 33.1 Å². The third kappa shape index (κ3) is 1.41. The second-order valence-corrected chi connectivity index (χ2v) is 6.45. The molecule has 2 aliphatic carbocycles. The van der Waals surface area contributed by atoms with Gasteiger partial charge in [-0.25, -0.2) is 0 Å². The zero-order valence-electron chi connectivity index (χ0n) is 12.0. The largest absolute Gasteiger partial charge is 0.294 e. The van der Waals surface area contributed by atoms with Crippen molar-refractivity contribution in [1.82, 2.24) is 0 Å². The zero-order chi connectivity index (χ0) is 13.9. The molecular weight excluding hydrogens is 244 g/mol. The van der Waals surface area contributed by atoms with Gasteiger partial charge in [-0.1, -0.05) is 36.4 Å². The van der Waals surface area contributed by atoms with Gasteiger partial charge in [0.2, 0.25) is 0 Å². The molecule has 0 saturated heterocycles. The molecule has 0 bridgehead atoms. The molecule has 2 aliphatic rings. The summed E-state index contributed by atoms with van der Waals surface area (Å²) in [6.07, 6.45) is 2.75. The van der Waals surface area contributed by atoms with E-state index in [9.17, 15) is 4.79 Å². The Balaban J connectivity index is 1.83. The Hall–Kier alpha value is -1.89. The molecule has 1 heteroatoms. The molecule has 20 heavy (non-hydrogen) atoms. The minimum absolute atomic E-state index is 0.192. The zero-order valence-corrected chi connectivity index (χ0v) is 12.0. The molecule has 0 N–H and O–H groups in total. The summed E-state index contributed by atoms with van der Waals surface area (Å²) in [5.41, 5.74) is 7.44. The van der Waals surface area contributed by atoms with Crippen molar-refractivity contribution in [2.75, 3.05) is 0 Å². The van der Waals surface area contributed by atoms with Crippen molar-refractivity contribution in [1.29, 1.82) is 0 Å². The van der Waals surface area contributed by atoms with Gasteiger partial charge in [0.15, 0.2) is 5.78 Å². The maximum absolute atomic E-state index is 13.0. The van der Waals surface area contributed by atoms with Crippen LogP contribution in [-0.4, -0.2) is 5.78 Å². The lowest BCUT2D eigenvalue weighted by atomic mass is 9.80. The van der Waals surface area contributed by atoms with E-state index in [4.69, 9.17) is 0 Å². The van der Waals surface area contributed by atoms with E-state index in [1.165, 1.54) is 27.8 Å². The predicted octanol–water partition coefficient (Wildman–Crippen LogP) is 3.83. The fourth-order valence-corrected chi connectivity index (χ4v) is 4.09. The van der Waals surface area contributed by atoms with E-state index in [1.54, 1.807) is 0 Å². The van der Waals surface area contributed by atoms with Crippen molar-refractivity contribution in [3.63, 3.8) is 0 Å². The quantitative estimate of drug-likeness (QED) is 0.705. The first-order valence-corrected chi connectivity index (χ1v) is 7.31. The average molecular weight is 262 g/mol. The molecule has 1 atom stereocenters. The van der Waals surface area contributed by atoms with E-state index >= 15 is 0 Å². The molecule has 0 saturated carbocycles. The van der Waals surface area contributed by atoms with E-state index < -0.39 is 0 Å². The molecule has 2 aromatic carbocycles. The third-order valence-electron chi connectivity index (χ3n) is 5.20. The Morgan fingerprint density at radius 3 is 2.20 bits per heavy atom. The highest BCUT2D eigenvalue weighted by Gasteiger charge is 2.49. The van der Waals surface area contributed by atoms with Crippen LogP contribution in [0.2, 0.25) is 0 Å². The van der Waals surface area contributed by atoms with Gasteiger partial charge < -0.3 is 0 Å². The highest BCUT2D eigenvalue weighted by atomic mass is 16.1. The summed E-state index contributed by atoms with van der Waals surface area (Å²) in [7, 11) is 0. The molecule has 0 aliphatic heterocycles. The van der Waals surface area contributed by atoms with Crippen molar-refractivity contribution in [3.8, 4) is 0 Å². The predicted molar refractivity (Wildman–Crippen MR) is 80.2 cm³/mol. The molecule has 0 heterocycles. The van der Waals surface area contributed by atoms with Gasteiger partial charge in [-0.3, -0.25) is 4.79 Å². The number of rotatable bonds is 0. The first-order valence-electron chi connectivity index (χ1n) is 7.31. The van der Waals surface area contributed by atoms with Gasteiger partial charge in [0.25, 0.3) is 0 Å². The number of aryl methyl sites for hydroxylation is 2.